The molecule has 0 fully saturated rings. The van der Waals surface area contributed by atoms with Crippen molar-refractivity contribution in [1.82, 2.24) is 5.32 Å². The normalized spacial score (nSPS) is 14.2. The molecule has 0 heterocycles. The molecule has 0 aliphatic carbocycles. The molecule has 244 valence electrons. The summed E-state index contributed by atoms with van der Waals surface area (Å²) in [7, 11) is 0. The Balaban J connectivity index is 3.85. The molecule has 3 N–H and O–H groups in total. The Morgan fingerprint density at radius 2 is 1.02 bits per heavy atom. The highest BCUT2D eigenvalue weighted by Crippen LogP contribution is 2.11. The van der Waals surface area contributed by atoms with Gasteiger partial charge in [-0.15, -0.1) is 0 Å². The monoisotopic (exact) mass is 595 g/mol. The zero-order valence-electron chi connectivity index (χ0n) is 27.7. The molecule has 0 rings (SSSR count). The van der Waals surface area contributed by atoms with Crippen LogP contribution in [0, 0.1) is 0 Å². The van der Waals surface area contributed by atoms with Crippen LogP contribution in [0.5, 0.6) is 0 Å². The summed E-state index contributed by atoms with van der Waals surface area (Å²) < 4.78 is 0. The van der Waals surface area contributed by atoms with Crippen molar-refractivity contribution in [2.24, 2.45) is 0 Å². The highest BCUT2D eigenvalue weighted by molar-refractivity contribution is 5.76. The SMILES string of the molecule is CC/C=C\C/C=C\C/C=C\C/C=C\C/C=C\C/C=C\CCC(=O)NC(CO)C(O)/C=C/CCCCCCCCCCCC. The van der Waals surface area contributed by atoms with Crippen molar-refractivity contribution in [3.63, 3.8) is 0 Å². The lowest BCUT2D eigenvalue weighted by atomic mass is 10.1. The third-order valence-electron chi connectivity index (χ3n) is 7.15. The molecule has 0 aliphatic rings. The van der Waals surface area contributed by atoms with Gasteiger partial charge in [-0.05, 0) is 57.8 Å². The van der Waals surface area contributed by atoms with Crippen molar-refractivity contribution in [2.45, 2.75) is 148 Å². The van der Waals surface area contributed by atoms with E-state index in [1.165, 1.54) is 57.8 Å². The molecule has 0 aliphatic heterocycles. The molecule has 2 atom stereocenters. The van der Waals surface area contributed by atoms with E-state index in [0.717, 1.165) is 51.4 Å². The summed E-state index contributed by atoms with van der Waals surface area (Å²) >= 11 is 0. The van der Waals surface area contributed by atoms with Gasteiger partial charge >= 0.3 is 0 Å². The smallest absolute Gasteiger partial charge is 0.220 e. The largest absolute Gasteiger partial charge is 0.394 e. The molecule has 0 aromatic heterocycles. The van der Waals surface area contributed by atoms with Crippen LogP contribution in [0.25, 0.3) is 0 Å². The minimum Gasteiger partial charge on any atom is -0.394 e. The van der Waals surface area contributed by atoms with E-state index >= 15 is 0 Å². The van der Waals surface area contributed by atoms with Crippen LogP contribution in [-0.2, 0) is 4.79 Å². The fraction of sp³-hybridized carbons (Fsp3) is 0.615. The first kappa shape index (κ1) is 40.6. The van der Waals surface area contributed by atoms with Gasteiger partial charge in [0.15, 0.2) is 0 Å². The molecule has 0 saturated carbocycles. The van der Waals surface area contributed by atoms with Crippen molar-refractivity contribution in [2.75, 3.05) is 6.61 Å². The summed E-state index contributed by atoms with van der Waals surface area (Å²) in [6, 6.07) is -0.665. The average molecular weight is 596 g/mol. The number of aliphatic hydroxyl groups excluding tert-OH is 2. The first-order valence-electron chi connectivity index (χ1n) is 17.3. The third kappa shape index (κ3) is 30.8. The van der Waals surface area contributed by atoms with Gasteiger partial charge < -0.3 is 15.5 Å². The van der Waals surface area contributed by atoms with Crippen LogP contribution in [-0.4, -0.2) is 34.9 Å². The summed E-state index contributed by atoms with van der Waals surface area (Å²) in [6.07, 6.45) is 49.5. The van der Waals surface area contributed by atoms with Gasteiger partial charge in [-0.2, -0.15) is 0 Å². The summed E-state index contributed by atoms with van der Waals surface area (Å²) in [5.74, 6) is -0.152. The average Bonchev–Trinajstić information content (AvgIpc) is 3.01. The van der Waals surface area contributed by atoms with E-state index < -0.39 is 12.1 Å². The van der Waals surface area contributed by atoms with E-state index in [1.807, 2.05) is 12.2 Å². The first-order valence-corrected chi connectivity index (χ1v) is 17.3. The molecular formula is C39H65NO3. The predicted molar refractivity (Wildman–Crippen MR) is 188 cm³/mol. The maximum Gasteiger partial charge on any atom is 0.220 e. The Morgan fingerprint density at radius 1 is 0.581 bits per heavy atom. The van der Waals surface area contributed by atoms with Crippen molar-refractivity contribution >= 4 is 5.91 Å². The molecule has 0 radical (unpaired) electrons. The number of unbranched alkanes of at least 4 members (excludes halogenated alkanes) is 10. The number of carbonyl (C=O) groups is 1. The van der Waals surface area contributed by atoms with Gasteiger partial charge in [0, 0.05) is 6.42 Å². The van der Waals surface area contributed by atoms with Crippen LogP contribution in [0.15, 0.2) is 85.1 Å². The zero-order valence-corrected chi connectivity index (χ0v) is 27.7. The first-order chi connectivity index (χ1) is 21.2. The maximum absolute atomic E-state index is 12.3. The Kier molecular flexibility index (Phi) is 32.1. The van der Waals surface area contributed by atoms with E-state index in [2.05, 4.69) is 86.0 Å². The van der Waals surface area contributed by atoms with E-state index in [0.29, 0.717) is 12.8 Å². The van der Waals surface area contributed by atoms with Gasteiger partial charge in [0.05, 0.1) is 18.8 Å². The standard InChI is InChI=1S/C39H65NO3/c1-3-5-7-9-11-13-15-17-18-19-20-21-22-23-25-27-29-31-33-35-39(43)40-37(36-41)38(42)34-32-30-28-26-24-16-14-12-10-8-6-4-2/h5,7,11,13,17-18,20-21,23,25,29,31-32,34,37-38,41-42H,3-4,6,8-10,12,14-16,19,22,24,26-28,30,33,35-36H2,1-2H3,(H,40,43)/b7-5-,13-11-,18-17-,21-20-,25-23-,31-29-,34-32+. The maximum atomic E-state index is 12.3. The van der Waals surface area contributed by atoms with Crippen LogP contribution in [0.3, 0.4) is 0 Å². The second-order valence-corrected chi connectivity index (χ2v) is 11.2. The fourth-order valence-electron chi connectivity index (χ4n) is 4.49. The number of hydrogen-bond acceptors (Lipinski definition) is 3. The van der Waals surface area contributed by atoms with Gasteiger partial charge in [-0.25, -0.2) is 0 Å². The molecule has 4 nitrogen and oxygen atoms in total. The quantitative estimate of drug-likeness (QED) is 0.0595. The number of amides is 1. The Labute approximate surface area is 265 Å². The highest BCUT2D eigenvalue weighted by Gasteiger charge is 2.17. The molecule has 4 heteroatoms. The van der Waals surface area contributed by atoms with Gasteiger partial charge in [0.2, 0.25) is 5.91 Å². The third-order valence-corrected chi connectivity index (χ3v) is 7.15. The number of nitrogens with one attached hydrogen (secondary N) is 1. The van der Waals surface area contributed by atoms with E-state index in [1.54, 1.807) is 6.08 Å². The molecule has 2 unspecified atom stereocenters. The molecule has 0 bridgehead atoms. The summed E-state index contributed by atoms with van der Waals surface area (Å²) in [5, 5.41) is 22.7. The van der Waals surface area contributed by atoms with Crippen LogP contribution in [0.1, 0.15) is 136 Å². The Bertz CT molecular complexity index is 818. The fourth-order valence-corrected chi connectivity index (χ4v) is 4.49. The van der Waals surface area contributed by atoms with E-state index in [9.17, 15) is 15.0 Å². The molecule has 0 aromatic rings. The Hall–Kier alpha value is -2.43. The molecule has 1 amide bonds. The number of aliphatic hydroxyl groups is 2. The zero-order chi connectivity index (χ0) is 31.5. The number of rotatable bonds is 29. The van der Waals surface area contributed by atoms with Gasteiger partial charge in [0.25, 0.3) is 0 Å². The summed E-state index contributed by atoms with van der Waals surface area (Å²) in [4.78, 5) is 12.3. The second-order valence-electron chi connectivity index (χ2n) is 11.2. The molecule has 0 aromatic carbocycles. The lowest BCUT2D eigenvalue weighted by molar-refractivity contribution is -0.122. The number of carbonyl (C=O) groups excluding carboxylic acids is 1. The Morgan fingerprint density at radius 3 is 1.49 bits per heavy atom. The summed E-state index contributed by atoms with van der Waals surface area (Å²) in [5.41, 5.74) is 0. The lowest BCUT2D eigenvalue weighted by Crippen LogP contribution is -2.45. The number of allylic oxidation sites excluding steroid dienone is 13. The lowest BCUT2D eigenvalue weighted by Gasteiger charge is -2.19. The van der Waals surface area contributed by atoms with Gasteiger partial charge in [-0.3, -0.25) is 4.79 Å². The second kappa shape index (κ2) is 34.1. The van der Waals surface area contributed by atoms with Crippen molar-refractivity contribution in [3.05, 3.63) is 85.1 Å². The molecule has 43 heavy (non-hydrogen) atoms. The van der Waals surface area contributed by atoms with Crippen LogP contribution in [0.2, 0.25) is 0 Å². The van der Waals surface area contributed by atoms with Crippen LogP contribution >= 0.6 is 0 Å². The predicted octanol–water partition coefficient (Wildman–Crippen LogP) is 10.2. The minimum absolute atomic E-state index is 0.152. The van der Waals surface area contributed by atoms with Crippen molar-refractivity contribution in [3.8, 4) is 0 Å². The van der Waals surface area contributed by atoms with Crippen molar-refractivity contribution in [1.29, 1.82) is 0 Å². The van der Waals surface area contributed by atoms with Gasteiger partial charge in [0.1, 0.15) is 0 Å². The topological polar surface area (TPSA) is 69.6 Å². The van der Waals surface area contributed by atoms with E-state index in [-0.39, 0.29) is 12.5 Å². The minimum atomic E-state index is -0.872. The summed E-state index contributed by atoms with van der Waals surface area (Å²) in [6.45, 7) is 4.12. The highest BCUT2D eigenvalue weighted by atomic mass is 16.3. The van der Waals surface area contributed by atoms with Gasteiger partial charge in [-0.1, -0.05) is 157 Å². The molecular weight excluding hydrogens is 530 g/mol. The van der Waals surface area contributed by atoms with Crippen molar-refractivity contribution < 1.29 is 15.0 Å². The molecule has 0 spiro atoms. The van der Waals surface area contributed by atoms with Crippen LogP contribution in [0.4, 0.5) is 0 Å². The van der Waals surface area contributed by atoms with E-state index in [4.69, 9.17) is 0 Å². The number of hydrogen-bond donors (Lipinski definition) is 3. The molecule has 0 saturated heterocycles. The van der Waals surface area contributed by atoms with Crippen LogP contribution < -0.4 is 5.32 Å².